The first-order chi connectivity index (χ1) is 11.7. The normalized spacial score (nSPS) is 12.1. The van der Waals surface area contributed by atoms with Crippen LogP contribution >= 0.6 is 22.9 Å². The van der Waals surface area contributed by atoms with Gasteiger partial charge in [0, 0.05) is 5.02 Å². The van der Waals surface area contributed by atoms with Gasteiger partial charge in [0.2, 0.25) is 0 Å². The topological polar surface area (TPSA) is 88.5 Å². The third-order valence-electron chi connectivity index (χ3n) is 3.13. The average Bonchev–Trinajstić information content (AvgIpc) is 2.90. The number of nitrogens with zero attached hydrogens (tertiary/aromatic N) is 1. The molecule has 0 saturated heterocycles. The van der Waals surface area contributed by atoms with E-state index in [-0.39, 0.29) is 21.2 Å². The number of halogens is 3. The Bertz CT molecular complexity index is 813. The molecule has 0 saturated carbocycles. The molecule has 0 aliphatic rings. The number of nitrogens with one attached hydrogen (secondary N) is 1. The standard InChI is InChI=1S/C15H13ClF2N2O4S/c1-6-11(14(22)23)25-13(20-6)7(2)19-12(21)9-5-8(16)3-4-10(9)24-15(17)18/h3-5,7,15H,1-2H3,(H,19,21)(H,22,23). The molecule has 2 N–H and O–H groups in total. The van der Waals surface area contributed by atoms with E-state index in [2.05, 4.69) is 15.0 Å². The van der Waals surface area contributed by atoms with Crippen molar-refractivity contribution in [1.29, 1.82) is 0 Å². The first-order valence-electron chi connectivity index (χ1n) is 6.95. The van der Waals surface area contributed by atoms with Gasteiger partial charge in [-0.15, -0.1) is 11.3 Å². The molecule has 0 bridgehead atoms. The molecule has 2 rings (SSSR count). The van der Waals surface area contributed by atoms with Crippen molar-refractivity contribution in [2.45, 2.75) is 26.5 Å². The Morgan fingerprint density at radius 1 is 1.40 bits per heavy atom. The van der Waals surface area contributed by atoms with Crippen LogP contribution in [0.2, 0.25) is 5.02 Å². The van der Waals surface area contributed by atoms with E-state index in [9.17, 15) is 18.4 Å². The average molecular weight is 391 g/mol. The van der Waals surface area contributed by atoms with Crippen molar-refractivity contribution in [3.05, 3.63) is 44.4 Å². The fraction of sp³-hybridized carbons (Fsp3) is 0.267. The van der Waals surface area contributed by atoms with Gasteiger partial charge in [0.25, 0.3) is 5.91 Å². The molecule has 1 aromatic heterocycles. The summed E-state index contributed by atoms with van der Waals surface area (Å²) >= 11 is 6.74. The molecule has 2 aromatic rings. The number of ether oxygens (including phenoxy) is 1. The van der Waals surface area contributed by atoms with Crippen molar-refractivity contribution in [1.82, 2.24) is 10.3 Å². The van der Waals surface area contributed by atoms with Crippen molar-refractivity contribution >= 4 is 34.8 Å². The number of alkyl halides is 2. The molecule has 0 aliphatic heterocycles. The van der Waals surface area contributed by atoms with Crippen LogP contribution in [0.15, 0.2) is 18.2 Å². The summed E-state index contributed by atoms with van der Waals surface area (Å²) in [4.78, 5) is 27.6. The molecule has 0 spiro atoms. The van der Waals surface area contributed by atoms with E-state index in [4.69, 9.17) is 16.7 Å². The minimum Gasteiger partial charge on any atom is -0.477 e. The van der Waals surface area contributed by atoms with Crippen molar-refractivity contribution in [2.75, 3.05) is 0 Å². The van der Waals surface area contributed by atoms with Gasteiger partial charge in [0.05, 0.1) is 17.3 Å². The zero-order valence-electron chi connectivity index (χ0n) is 13.0. The predicted molar refractivity (Wildman–Crippen MR) is 87.8 cm³/mol. The molecule has 1 atom stereocenters. The number of aromatic carboxylic acids is 1. The molecule has 25 heavy (non-hydrogen) atoms. The van der Waals surface area contributed by atoms with Crippen LogP contribution < -0.4 is 10.1 Å². The summed E-state index contributed by atoms with van der Waals surface area (Å²) in [7, 11) is 0. The third-order valence-corrected chi connectivity index (χ3v) is 4.69. The van der Waals surface area contributed by atoms with Crippen molar-refractivity contribution in [3.63, 3.8) is 0 Å². The molecule has 0 aliphatic carbocycles. The lowest BCUT2D eigenvalue weighted by Gasteiger charge is -2.14. The second-order valence-corrected chi connectivity index (χ2v) is 6.45. The Labute approximate surface area is 150 Å². The third kappa shape index (κ3) is 4.64. The molecular weight excluding hydrogens is 378 g/mol. The number of hydrogen-bond acceptors (Lipinski definition) is 5. The van der Waals surface area contributed by atoms with E-state index >= 15 is 0 Å². The zero-order valence-corrected chi connectivity index (χ0v) is 14.6. The number of carbonyl (C=O) groups excluding carboxylic acids is 1. The van der Waals surface area contributed by atoms with Crippen molar-refractivity contribution in [2.24, 2.45) is 0 Å². The highest BCUT2D eigenvalue weighted by Gasteiger charge is 2.22. The lowest BCUT2D eigenvalue weighted by molar-refractivity contribution is -0.0501. The molecule has 6 nitrogen and oxygen atoms in total. The summed E-state index contributed by atoms with van der Waals surface area (Å²) in [6, 6.07) is 3.06. The van der Waals surface area contributed by atoms with E-state index in [1.165, 1.54) is 18.2 Å². The molecule has 10 heteroatoms. The number of carboxylic acid groups (broad SMARTS) is 1. The van der Waals surface area contributed by atoms with Gasteiger partial charge in [0.1, 0.15) is 15.6 Å². The maximum atomic E-state index is 12.5. The van der Waals surface area contributed by atoms with E-state index in [1.54, 1.807) is 13.8 Å². The number of carbonyl (C=O) groups is 2. The van der Waals surface area contributed by atoms with Gasteiger partial charge in [-0.3, -0.25) is 4.79 Å². The van der Waals surface area contributed by atoms with Crippen LogP contribution in [0.4, 0.5) is 8.78 Å². The Morgan fingerprint density at radius 3 is 2.64 bits per heavy atom. The summed E-state index contributed by atoms with van der Waals surface area (Å²) in [5.74, 6) is -2.12. The Balaban J connectivity index is 2.23. The lowest BCUT2D eigenvalue weighted by atomic mass is 10.1. The monoisotopic (exact) mass is 390 g/mol. The molecular formula is C15H13ClF2N2O4S. The number of thiazole rings is 1. The Hall–Kier alpha value is -2.26. The Morgan fingerprint density at radius 2 is 2.08 bits per heavy atom. The van der Waals surface area contributed by atoms with Crippen LogP contribution in [0.1, 0.15) is 43.7 Å². The lowest BCUT2D eigenvalue weighted by Crippen LogP contribution is -2.27. The summed E-state index contributed by atoms with van der Waals surface area (Å²) in [5.41, 5.74) is 0.171. The summed E-state index contributed by atoms with van der Waals surface area (Å²) in [6.07, 6.45) is 0. The van der Waals surface area contributed by atoms with E-state index < -0.39 is 24.5 Å². The quantitative estimate of drug-likeness (QED) is 0.781. The van der Waals surface area contributed by atoms with E-state index in [0.717, 1.165) is 11.3 Å². The molecule has 1 unspecified atom stereocenters. The molecule has 1 heterocycles. The predicted octanol–water partition coefficient (Wildman–Crippen LogP) is 3.90. The minimum absolute atomic E-state index is 0.0700. The van der Waals surface area contributed by atoms with E-state index in [0.29, 0.717) is 10.7 Å². The number of carboxylic acids is 1. The SMILES string of the molecule is Cc1nc(C(C)NC(=O)c2cc(Cl)ccc2OC(F)F)sc1C(=O)O. The first-order valence-corrected chi connectivity index (χ1v) is 8.14. The number of amides is 1. The van der Waals surface area contributed by atoms with Gasteiger partial charge >= 0.3 is 12.6 Å². The van der Waals surface area contributed by atoms with Crippen LogP contribution in [-0.2, 0) is 0 Å². The second-order valence-electron chi connectivity index (χ2n) is 4.99. The van der Waals surface area contributed by atoms with Gasteiger partial charge in [0.15, 0.2) is 0 Å². The van der Waals surface area contributed by atoms with Gasteiger partial charge in [-0.1, -0.05) is 11.6 Å². The second kappa shape index (κ2) is 7.75. The van der Waals surface area contributed by atoms with Crippen LogP contribution in [-0.4, -0.2) is 28.6 Å². The molecule has 0 fully saturated rings. The van der Waals surface area contributed by atoms with Crippen LogP contribution in [0.25, 0.3) is 0 Å². The number of benzene rings is 1. The fourth-order valence-corrected chi connectivity index (χ4v) is 3.10. The summed E-state index contributed by atoms with van der Waals surface area (Å²) < 4.78 is 29.2. The Kier molecular flexibility index (Phi) is 5.91. The summed E-state index contributed by atoms with van der Waals surface area (Å²) in [5, 5.41) is 12.2. The van der Waals surface area contributed by atoms with Crippen LogP contribution in [0.3, 0.4) is 0 Å². The van der Waals surface area contributed by atoms with Gasteiger partial charge in [-0.05, 0) is 32.0 Å². The minimum atomic E-state index is -3.09. The molecule has 1 aromatic carbocycles. The highest BCUT2D eigenvalue weighted by atomic mass is 35.5. The van der Waals surface area contributed by atoms with Gasteiger partial charge in [-0.25, -0.2) is 9.78 Å². The number of aryl methyl sites for hydroxylation is 1. The van der Waals surface area contributed by atoms with Crippen LogP contribution in [0.5, 0.6) is 5.75 Å². The highest BCUT2D eigenvalue weighted by molar-refractivity contribution is 7.13. The highest BCUT2D eigenvalue weighted by Crippen LogP contribution is 2.27. The summed E-state index contributed by atoms with van der Waals surface area (Å²) in [6.45, 7) is 0.0497. The smallest absolute Gasteiger partial charge is 0.387 e. The van der Waals surface area contributed by atoms with Gasteiger partial charge < -0.3 is 15.2 Å². The van der Waals surface area contributed by atoms with E-state index in [1.807, 2.05) is 0 Å². The maximum Gasteiger partial charge on any atom is 0.387 e. The maximum absolute atomic E-state index is 12.5. The van der Waals surface area contributed by atoms with Gasteiger partial charge in [-0.2, -0.15) is 8.78 Å². The first kappa shape index (κ1) is 19.1. The van der Waals surface area contributed by atoms with Crippen LogP contribution in [0, 0.1) is 6.92 Å². The number of hydrogen-bond donors (Lipinski definition) is 2. The number of rotatable bonds is 6. The van der Waals surface area contributed by atoms with Crippen molar-refractivity contribution in [3.8, 4) is 5.75 Å². The molecule has 0 radical (unpaired) electrons. The molecule has 134 valence electrons. The zero-order chi connectivity index (χ0) is 18.7. The number of aromatic nitrogens is 1. The molecule has 1 amide bonds. The fourth-order valence-electron chi connectivity index (χ4n) is 2.02. The largest absolute Gasteiger partial charge is 0.477 e. The van der Waals surface area contributed by atoms with Crippen molar-refractivity contribution < 1.29 is 28.2 Å².